The lowest BCUT2D eigenvalue weighted by atomic mass is 10.0. The Morgan fingerprint density at radius 1 is 1.15 bits per heavy atom. The third-order valence-corrected chi connectivity index (χ3v) is 4.57. The summed E-state index contributed by atoms with van der Waals surface area (Å²) in [5, 5.41) is 0. The summed E-state index contributed by atoms with van der Waals surface area (Å²) in [6, 6.07) is 1.18. The molecule has 76 valence electrons. The summed E-state index contributed by atoms with van der Waals surface area (Å²) >= 11 is 0. The van der Waals surface area contributed by atoms with Gasteiger partial charge in [0.25, 0.3) is 0 Å². The fraction of sp³-hybridized carbons (Fsp3) is 1.00. The first-order valence-corrected chi connectivity index (χ1v) is 5.37. The molecule has 2 fully saturated rings. The van der Waals surface area contributed by atoms with Crippen molar-refractivity contribution in [3.8, 4) is 0 Å². The predicted molar refractivity (Wildman–Crippen MR) is 55.5 cm³/mol. The fourth-order valence-electron chi connectivity index (χ4n) is 3.12. The van der Waals surface area contributed by atoms with Crippen molar-refractivity contribution < 1.29 is 0 Å². The number of likely N-dealkylation sites (tertiary alicyclic amines) is 1. The second-order valence-corrected chi connectivity index (χ2v) is 5.89. The van der Waals surface area contributed by atoms with Crippen LogP contribution in [0.5, 0.6) is 0 Å². The minimum Gasteiger partial charge on any atom is -0.326 e. The Balaban J connectivity index is 2.05. The SMILES string of the molecule is CC1(C)C(N2CCC(N)C2)C1(C)C. The molecule has 2 rings (SSSR count). The van der Waals surface area contributed by atoms with Crippen molar-refractivity contribution in [2.24, 2.45) is 16.6 Å². The highest BCUT2D eigenvalue weighted by molar-refractivity contribution is 5.19. The number of rotatable bonds is 1. The number of hydrogen-bond donors (Lipinski definition) is 1. The van der Waals surface area contributed by atoms with E-state index in [-0.39, 0.29) is 0 Å². The van der Waals surface area contributed by atoms with Crippen LogP contribution in [-0.4, -0.2) is 30.1 Å². The van der Waals surface area contributed by atoms with E-state index in [1.807, 2.05) is 0 Å². The Kier molecular flexibility index (Phi) is 1.81. The minimum atomic E-state index is 0.423. The molecule has 13 heavy (non-hydrogen) atoms. The zero-order valence-corrected chi connectivity index (χ0v) is 9.30. The van der Waals surface area contributed by atoms with Gasteiger partial charge < -0.3 is 5.73 Å². The van der Waals surface area contributed by atoms with E-state index in [1.54, 1.807) is 0 Å². The molecule has 1 unspecified atom stereocenters. The van der Waals surface area contributed by atoms with Gasteiger partial charge in [-0.1, -0.05) is 27.7 Å². The van der Waals surface area contributed by atoms with Crippen LogP contribution in [0, 0.1) is 10.8 Å². The van der Waals surface area contributed by atoms with Crippen molar-refractivity contribution >= 4 is 0 Å². The molecule has 2 heteroatoms. The summed E-state index contributed by atoms with van der Waals surface area (Å²) in [4.78, 5) is 2.59. The summed E-state index contributed by atoms with van der Waals surface area (Å²) < 4.78 is 0. The largest absolute Gasteiger partial charge is 0.326 e. The highest BCUT2D eigenvalue weighted by Gasteiger charge is 2.67. The Bertz CT molecular complexity index is 206. The Labute approximate surface area is 81.5 Å². The minimum absolute atomic E-state index is 0.423. The Morgan fingerprint density at radius 3 is 2.00 bits per heavy atom. The molecule has 0 spiro atoms. The van der Waals surface area contributed by atoms with Crippen LogP contribution in [-0.2, 0) is 0 Å². The van der Waals surface area contributed by atoms with E-state index >= 15 is 0 Å². The van der Waals surface area contributed by atoms with Gasteiger partial charge in [0.2, 0.25) is 0 Å². The van der Waals surface area contributed by atoms with Crippen molar-refractivity contribution in [1.29, 1.82) is 0 Å². The van der Waals surface area contributed by atoms with Crippen LogP contribution < -0.4 is 5.73 Å². The second kappa shape index (κ2) is 2.48. The van der Waals surface area contributed by atoms with Gasteiger partial charge in [-0.3, -0.25) is 4.90 Å². The van der Waals surface area contributed by atoms with Crippen molar-refractivity contribution in [3.63, 3.8) is 0 Å². The van der Waals surface area contributed by atoms with Gasteiger partial charge >= 0.3 is 0 Å². The molecule has 0 bridgehead atoms. The molecule has 0 amide bonds. The van der Waals surface area contributed by atoms with Crippen LogP contribution in [0.25, 0.3) is 0 Å². The highest BCUT2D eigenvalue weighted by atomic mass is 15.3. The Hall–Kier alpha value is -0.0800. The third-order valence-electron chi connectivity index (χ3n) is 4.57. The summed E-state index contributed by atoms with van der Waals surface area (Å²) in [7, 11) is 0. The van der Waals surface area contributed by atoms with Gasteiger partial charge in [0.05, 0.1) is 0 Å². The predicted octanol–water partition coefficient (Wildman–Crippen LogP) is 1.45. The molecule has 0 aromatic carbocycles. The van der Waals surface area contributed by atoms with Gasteiger partial charge in [-0.2, -0.15) is 0 Å². The average molecular weight is 182 g/mol. The molecule has 0 aromatic rings. The lowest BCUT2D eigenvalue weighted by molar-refractivity contribution is 0.275. The third kappa shape index (κ3) is 1.15. The van der Waals surface area contributed by atoms with Gasteiger partial charge in [0, 0.05) is 25.2 Å². The van der Waals surface area contributed by atoms with Crippen LogP contribution in [0.1, 0.15) is 34.1 Å². The zero-order valence-electron chi connectivity index (χ0n) is 9.30. The van der Waals surface area contributed by atoms with E-state index in [2.05, 4.69) is 32.6 Å². The number of nitrogens with two attached hydrogens (primary N) is 1. The van der Waals surface area contributed by atoms with E-state index < -0.39 is 0 Å². The summed E-state index contributed by atoms with van der Waals surface area (Å²) in [5.74, 6) is 0. The molecule has 1 saturated carbocycles. The lowest BCUT2D eigenvalue weighted by Crippen LogP contribution is -2.31. The molecule has 0 radical (unpaired) electrons. The van der Waals surface area contributed by atoms with E-state index in [1.165, 1.54) is 13.0 Å². The molecule has 2 aliphatic rings. The first-order valence-electron chi connectivity index (χ1n) is 5.37. The van der Waals surface area contributed by atoms with E-state index in [0.29, 0.717) is 16.9 Å². The van der Waals surface area contributed by atoms with Gasteiger partial charge in [-0.15, -0.1) is 0 Å². The van der Waals surface area contributed by atoms with Crippen molar-refractivity contribution in [2.45, 2.75) is 46.2 Å². The van der Waals surface area contributed by atoms with Gasteiger partial charge in [-0.05, 0) is 17.3 Å². The van der Waals surface area contributed by atoms with Crippen LogP contribution in [0.15, 0.2) is 0 Å². The second-order valence-electron chi connectivity index (χ2n) is 5.89. The average Bonchev–Trinajstić information content (AvgIpc) is 2.32. The monoisotopic (exact) mass is 182 g/mol. The molecule has 1 heterocycles. The lowest BCUT2D eigenvalue weighted by Gasteiger charge is -2.17. The summed E-state index contributed by atoms with van der Waals surface area (Å²) in [6.45, 7) is 11.8. The maximum absolute atomic E-state index is 5.93. The first-order chi connectivity index (χ1) is 5.87. The topological polar surface area (TPSA) is 29.3 Å². The summed E-state index contributed by atoms with van der Waals surface area (Å²) in [6.07, 6.45) is 1.18. The molecule has 1 saturated heterocycles. The maximum Gasteiger partial charge on any atom is 0.0210 e. The molecular formula is C11H22N2. The molecule has 1 aliphatic heterocycles. The van der Waals surface area contributed by atoms with Crippen molar-refractivity contribution in [3.05, 3.63) is 0 Å². The van der Waals surface area contributed by atoms with Gasteiger partial charge in [-0.25, -0.2) is 0 Å². The summed E-state index contributed by atoms with van der Waals surface area (Å²) in [5.41, 5.74) is 6.89. The fourth-order valence-corrected chi connectivity index (χ4v) is 3.12. The maximum atomic E-state index is 5.93. The van der Waals surface area contributed by atoms with Crippen molar-refractivity contribution in [1.82, 2.24) is 4.90 Å². The number of nitrogens with zero attached hydrogens (tertiary/aromatic N) is 1. The van der Waals surface area contributed by atoms with Gasteiger partial charge in [0.15, 0.2) is 0 Å². The van der Waals surface area contributed by atoms with Crippen LogP contribution in [0.2, 0.25) is 0 Å². The van der Waals surface area contributed by atoms with Crippen molar-refractivity contribution in [2.75, 3.05) is 13.1 Å². The molecule has 2 N–H and O–H groups in total. The Morgan fingerprint density at radius 2 is 1.69 bits per heavy atom. The quantitative estimate of drug-likeness (QED) is 0.665. The standard InChI is InChI=1S/C11H22N2/c1-10(2)9(11(10,3)4)13-6-5-8(12)7-13/h8-9H,5-7,12H2,1-4H3. The molecule has 1 atom stereocenters. The van der Waals surface area contributed by atoms with Crippen LogP contribution in [0.3, 0.4) is 0 Å². The number of hydrogen-bond acceptors (Lipinski definition) is 2. The smallest absolute Gasteiger partial charge is 0.0210 e. The molecule has 2 nitrogen and oxygen atoms in total. The van der Waals surface area contributed by atoms with E-state index in [4.69, 9.17) is 5.73 Å². The molecule has 0 aromatic heterocycles. The van der Waals surface area contributed by atoms with Crippen LogP contribution in [0.4, 0.5) is 0 Å². The van der Waals surface area contributed by atoms with Crippen LogP contribution >= 0.6 is 0 Å². The van der Waals surface area contributed by atoms with Gasteiger partial charge in [0.1, 0.15) is 0 Å². The van der Waals surface area contributed by atoms with E-state index in [0.717, 1.165) is 12.6 Å². The molecule has 1 aliphatic carbocycles. The van der Waals surface area contributed by atoms with E-state index in [9.17, 15) is 0 Å². The first kappa shape index (κ1) is 9.47. The highest BCUT2D eigenvalue weighted by Crippen LogP contribution is 2.65. The normalized spacial score (nSPS) is 38.1. The zero-order chi connectivity index (χ0) is 9.85. The molecular weight excluding hydrogens is 160 g/mol.